The van der Waals surface area contributed by atoms with Crippen molar-refractivity contribution in [3.63, 3.8) is 0 Å². The Bertz CT molecular complexity index is 1170. The Hall–Kier alpha value is -2.94. The van der Waals surface area contributed by atoms with Crippen molar-refractivity contribution in [1.29, 1.82) is 0 Å². The average molecular weight is 507 g/mol. The first-order valence-corrected chi connectivity index (χ1v) is 12.9. The van der Waals surface area contributed by atoms with Crippen molar-refractivity contribution in [3.05, 3.63) is 65.0 Å². The van der Waals surface area contributed by atoms with Gasteiger partial charge in [0.15, 0.2) is 0 Å². The number of hydrogen-bond donors (Lipinski definition) is 1. The fourth-order valence-corrected chi connectivity index (χ4v) is 4.70. The zero-order valence-electron chi connectivity index (χ0n) is 21.5. The Balaban J connectivity index is 2.57. The van der Waals surface area contributed by atoms with E-state index in [9.17, 15) is 17.6 Å². The van der Waals surface area contributed by atoms with Gasteiger partial charge >= 0.3 is 6.09 Å². The van der Waals surface area contributed by atoms with Gasteiger partial charge in [-0.3, -0.25) is 0 Å². The van der Waals surface area contributed by atoms with E-state index in [1.165, 1.54) is 24.3 Å². The first-order valence-electron chi connectivity index (χ1n) is 11.4. The zero-order chi connectivity index (χ0) is 26.6. The molecule has 7 nitrogen and oxygen atoms in total. The topological polar surface area (TPSA) is 94.1 Å². The molecule has 0 saturated carbocycles. The summed E-state index contributed by atoms with van der Waals surface area (Å²) in [6.45, 7) is 13.9. The summed E-state index contributed by atoms with van der Waals surface area (Å²) in [5, 5.41) is 2.77. The quantitative estimate of drug-likeness (QED) is 0.375. The summed E-state index contributed by atoms with van der Waals surface area (Å²) in [7, 11) is -4.12. The Morgan fingerprint density at radius 1 is 1.03 bits per heavy atom. The highest BCUT2D eigenvalue weighted by molar-refractivity contribution is 7.90. The number of amides is 1. The number of sulfonamides is 1. The van der Waals surface area contributed by atoms with Crippen LogP contribution in [0.15, 0.2) is 51.8 Å². The fourth-order valence-electron chi connectivity index (χ4n) is 3.35. The Morgan fingerprint density at radius 2 is 1.63 bits per heavy atom. The van der Waals surface area contributed by atoms with E-state index < -0.39 is 39.5 Å². The normalized spacial score (nSPS) is 14.4. The number of nitrogens with one attached hydrogen (secondary N) is 1. The van der Waals surface area contributed by atoms with Crippen molar-refractivity contribution in [2.75, 3.05) is 0 Å². The molecule has 0 aliphatic rings. The number of carbonyl (C=O) groups excluding carboxylic acids is 1. The number of ether oxygens (including phenoxy) is 2. The van der Waals surface area contributed by atoms with Crippen molar-refractivity contribution >= 4 is 22.0 Å². The van der Waals surface area contributed by atoms with Crippen LogP contribution >= 0.6 is 0 Å². The lowest BCUT2D eigenvalue weighted by Crippen LogP contribution is -2.40. The lowest BCUT2D eigenvalue weighted by molar-refractivity contribution is 0.0492. The zero-order valence-corrected chi connectivity index (χ0v) is 22.4. The summed E-state index contributed by atoms with van der Waals surface area (Å²) >= 11 is 0. The predicted molar refractivity (Wildman–Crippen MR) is 134 cm³/mol. The number of hydrogen-bond acceptors (Lipinski definition) is 5. The molecule has 1 amide bonds. The van der Waals surface area contributed by atoms with Crippen molar-refractivity contribution in [2.45, 2.75) is 78.0 Å². The molecule has 0 unspecified atom stereocenters. The van der Waals surface area contributed by atoms with Gasteiger partial charge in [0.1, 0.15) is 11.4 Å². The number of halogens is 1. The molecule has 0 spiro atoms. The third-order valence-electron chi connectivity index (χ3n) is 4.98. The highest BCUT2D eigenvalue weighted by atomic mass is 32.2. The second-order valence-corrected chi connectivity index (χ2v) is 11.4. The van der Waals surface area contributed by atoms with Gasteiger partial charge in [0, 0.05) is 0 Å². The van der Waals surface area contributed by atoms with Gasteiger partial charge in [0.2, 0.25) is 5.90 Å². The van der Waals surface area contributed by atoms with Gasteiger partial charge in [-0.05, 0) is 83.4 Å². The second-order valence-electron chi connectivity index (χ2n) is 9.80. The van der Waals surface area contributed by atoms with Crippen molar-refractivity contribution < 1.29 is 27.1 Å². The number of aryl methyl sites for hydroxylation is 2. The molecule has 0 fully saturated rings. The smallest absolute Gasteiger partial charge is 0.408 e. The minimum Gasteiger partial charge on any atom is -0.477 e. The minimum absolute atomic E-state index is 0.0768. The average Bonchev–Trinajstić information content (AvgIpc) is 2.71. The highest BCUT2D eigenvalue weighted by Crippen LogP contribution is 2.28. The Morgan fingerprint density at radius 3 is 2.17 bits per heavy atom. The molecule has 0 aliphatic heterocycles. The van der Waals surface area contributed by atoms with Crippen LogP contribution in [-0.2, 0) is 19.5 Å². The van der Waals surface area contributed by atoms with Gasteiger partial charge in [-0.15, -0.1) is 4.40 Å². The van der Waals surface area contributed by atoms with Crippen LogP contribution in [0.1, 0.15) is 64.3 Å². The summed E-state index contributed by atoms with van der Waals surface area (Å²) < 4.78 is 55.5. The molecule has 9 heteroatoms. The number of rotatable bonds is 7. The van der Waals surface area contributed by atoms with Crippen molar-refractivity contribution in [1.82, 2.24) is 5.32 Å². The highest BCUT2D eigenvalue weighted by Gasteiger charge is 2.31. The minimum atomic E-state index is -4.12. The Labute approximate surface area is 207 Å². The molecule has 0 saturated heterocycles. The van der Waals surface area contributed by atoms with Crippen LogP contribution in [0.4, 0.5) is 9.18 Å². The Kier molecular flexibility index (Phi) is 9.06. The van der Waals surface area contributed by atoms with Crippen LogP contribution in [0.3, 0.4) is 0 Å². The molecule has 2 aromatic carbocycles. The number of nitrogens with zero attached hydrogens (tertiary/aromatic N) is 1. The second kappa shape index (κ2) is 11.2. The van der Waals surface area contributed by atoms with Crippen molar-refractivity contribution in [2.24, 2.45) is 10.3 Å². The van der Waals surface area contributed by atoms with E-state index in [1.807, 2.05) is 6.07 Å². The molecular formula is C26H35FN2O5S. The largest absolute Gasteiger partial charge is 0.477 e. The predicted octanol–water partition coefficient (Wildman–Crippen LogP) is 5.86. The van der Waals surface area contributed by atoms with E-state index >= 15 is 0 Å². The van der Waals surface area contributed by atoms with E-state index in [-0.39, 0.29) is 16.9 Å². The molecule has 2 atom stereocenters. The summed E-state index contributed by atoms with van der Waals surface area (Å²) in [5.41, 5.74) is 1.12. The maximum Gasteiger partial charge on any atom is 0.408 e. The number of carbonyl (C=O) groups is 1. The van der Waals surface area contributed by atoms with Gasteiger partial charge < -0.3 is 14.8 Å². The van der Waals surface area contributed by atoms with Gasteiger partial charge in [0.25, 0.3) is 10.0 Å². The SMILES string of the molecule is Cc1ccc(C)c(S(=O)(=O)/N=C(/OC(C)C)[C@H](C)[C@H](NC(=O)OC(C)(C)C)c2ccc(F)cc2)c1. The number of benzene rings is 2. The molecule has 0 aliphatic carbocycles. The van der Waals surface area contributed by atoms with Crippen LogP contribution in [0, 0.1) is 25.6 Å². The molecule has 0 heterocycles. The molecule has 0 bridgehead atoms. The maximum atomic E-state index is 13.6. The third kappa shape index (κ3) is 8.35. The molecule has 2 rings (SSSR count). The van der Waals surface area contributed by atoms with Crippen LogP contribution < -0.4 is 5.32 Å². The van der Waals surface area contributed by atoms with E-state index in [4.69, 9.17) is 9.47 Å². The van der Waals surface area contributed by atoms with Gasteiger partial charge in [0.05, 0.1) is 23.0 Å². The van der Waals surface area contributed by atoms with E-state index in [2.05, 4.69) is 9.71 Å². The summed E-state index contributed by atoms with van der Waals surface area (Å²) in [6, 6.07) is 9.84. The first-order chi connectivity index (χ1) is 16.1. The summed E-state index contributed by atoms with van der Waals surface area (Å²) in [4.78, 5) is 12.7. The monoisotopic (exact) mass is 506 g/mol. The first kappa shape index (κ1) is 28.3. The van der Waals surface area contributed by atoms with Gasteiger partial charge in [-0.1, -0.05) is 31.2 Å². The molecule has 1 N–H and O–H groups in total. The third-order valence-corrected chi connectivity index (χ3v) is 6.39. The molecular weight excluding hydrogens is 471 g/mol. The van der Waals surface area contributed by atoms with Crippen LogP contribution in [-0.4, -0.2) is 32.1 Å². The van der Waals surface area contributed by atoms with Gasteiger partial charge in [-0.2, -0.15) is 8.42 Å². The standard InChI is InChI=1S/C26H35FN2O5S/c1-16(2)33-24(29-35(31,32)22-15-17(3)9-10-18(22)4)19(5)23(20-11-13-21(27)14-12-20)28-25(30)34-26(6,7)8/h9-16,19,23H,1-8H3,(H,28,30)/b29-24+/t19-,23+/m1/s1. The molecule has 2 aromatic rings. The van der Waals surface area contributed by atoms with Gasteiger partial charge in [-0.25, -0.2) is 9.18 Å². The lowest BCUT2D eigenvalue weighted by Gasteiger charge is -2.29. The van der Waals surface area contributed by atoms with E-state index in [0.717, 1.165) is 5.56 Å². The molecule has 35 heavy (non-hydrogen) atoms. The van der Waals surface area contributed by atoms with Crippen LogP contribution in [0.5, 0.6) is 0 Å². The lowest BCUT2D eigenvalue weighted by atomic mass is 9.94. The van der Waals surface area contributed by atoms with Crippen molar-refractivity contribution in [3.8, 4) is 0 Å². The fraction of sp³-hybridized carbons (Fsp3) is 0.462. The molecule has 192 valence electrons. The molecule has 0 radical (unpaired) electrons. The number of alkyl carbamates (subject to hydrolysis) is 1. The van der Waals surface area contributed by atoms with E-state index in [0.29, 0.717) is 11.1 Å². The summed E-state index contributed by atoms with van der Waals surface area (Å²) in [5.74, 6) is -1.26. The summed E-state index contributed by atoms with van der Waals surface area (Å²) in [6.07, 6.45) is -1.10. The van der Waals surface area contributed by atoms with Crippen LogP contribution in [0.25, 0.3) is 0 Å². The molecule has 0 aromatic heterocycles. The van der Waals surface area contributed by atoms with E-state index in [1.54, 1.807) is 67.5 Å². The maximum absolute atomic E-state index is 13.6. The van der Waals surface area contributed by atoms with Crippen LogP contribution in [0.2, 0.25) is 0 Å².